The van der Waals surface area contributed by atoms with Crippen LogP contribution in [-0.4, -0.2) is 55.6 Å². The van der Waals surface area contributed by atoms with Crippen LogP contribution in [0.4, 0.5) is 18.9 Å². The number of sulfone groups is 1. The Kier molecular flexibility index (Phi) is 6.56. The SMILES string of the molecule is CCOC(=O)c1cnccc1CN1CN(c2ccc(S(=O)(=O)C(F)(F)F)cc2)CC1C. The second kappa shape index (κ2) is 8.83. The van der Waals surface area contributed by atoms with Gasteiger partial charge in [-0.2, -0.15) is 13.2 Å². The lowest BCUT2D eigenvalue weighted by Gasteiger charge is -2.22. The number of hydrogen-bond acceptors (Lipinski definition) is 7. The van der Waals surface area contributed by atoms with Crippen molar-refractivity contribution in [3.63, 3.8) is 0 Å². The van der Waals surface area contributed by atoms with Gasteiger partial charge < -0.3 is 9.64 Å². The van der Waals surface area contributed by atoms with Gasteiger partial charge in [-0.05, 0) is 49.7 Å². The third-order valence-electron chi connectivity index (χ3n) is 5.06. The van der Waals surface area contributed by atoms with Crippen LogP contribution in [0, 0.1) is 0 Å². The number of benzene rings is 1. The summed E-state index contributed by atoms with van der Waals surface area (Å²) in [4.78, 5) is 19.4. The Labute approximate surface area is 178 Å². The molecule has 0 spiro atoms. The Morgan fingerprint density at radius 1 is 1.23 bits per heavy atom. The van der Waals surface area contributed by atoms with Gasteiger partial charge in [0.25, 0.3) is 9.84 Å². The first-order valence-electron chi connectivity index (χ1n) is 9.55. The molecule has 0 bridgehead atoms. The van der Waals surface area contributed by atoms with Crippen molar-refractivity contribution < 1.29 is 31.1 Å². The van der Waals surface area contributed by atoms with Crippen LogP contribution in [0.5, 0.6) is 0 Å². The van der Waals surface area contributed by atoms with Crippen LogP contribution >= 0.6 is 0 Å². The van der Waals surface area contributed by atoms with Crippen molar-refractivity contribution in [3.05, 3.63) is 53.9 Å². The quantitative estimate of drug-likeness (QED) is 0.617. The number of esters is 1. The van der Waals surface area contributed by atoms with Crippen molar-refractivity contribution in [2.24, 2.45) is 0 Å². The van der Waals surface area contributed by atoms with Gasteiger partial charge in [-0.15, -0.1) is 0 Å². The molecule has 168 valence electrons. The van der Waals surface area contributed by atoms with Crippen molar-refractivity contribution in [1.82, 2.24) is 9.88 Å². The molecule has 3 rings (SSSR count). The zero-order valence-electron chi connectivity index (χ0n) is 17.0. The van der Waals surface area contributed by atoms with Gasteiger partial charge in [0.1, 0.15) is 0 Å². The number of hydrogen-bond donors (Lipinski definition) is 0. The van der Waals surface area contributed by atoms with Crippen LogP contribution in [0.15, 0.2) is 47.6 Å². The summed E-state index contributed by atoms with van der Waals surface area (Å²) < 4.78 is 66.3. The zero-order valence-corrected chi connectivity index (χ0v) is 17.8. The lowest BCUT2D eigenvalue weighted by Crippen LogP contribution is -2.29. The molecule has 0 N–H and O–H groups in total. The fourth-order valence-corrected chi connectivity index (χ4v) is 4.15. The van der Waals surface area contributed by atoms with E-state index in [4.69, 9.17) is 4.74 Å². The highest BCUT2D eigenvalue weighted by Gasteiger charge is 2.46. The fourth-order valence-electron chi connectivity index (χ4n) is 3.39. The van der Waals surface area contributed by atoms with E-state index in [2.05, 4.69) is 9.88 Å². The first-order valence-corrected chi connectivity index (χ1v) is 11.0. The van der Waals surface area contributed by atoms with E-state index in [1.165, 1.54) is 18.3 Å². The van der Waals surface area contributed by atoms with Gasteiger partial charge in [0.05, 0.1) is 23.7 Å². The molecule has 1 aromatic heterocycles. The van der Waals surface area contributed by atoms with E-state index in [0.29, 0.717) is 31.0 Å². The van der Waals surface area contributed by atoms with E-state index in [-0.39, 0.29) is 12.6 Å². The lowest BCUT2D eigenvalue weighted by molar-refractivity contribution is -0.0436. The third-order valence-corrected chi connectivity index (χ3v) is 6.56. The van der Waals surface area contributed by atoms with Crippen LogP contribution in [-0.2, 0) is 21.1 Å². The van der Waals surface area contributed by atoms with E-state index in [1.807, 2.05) is 11.8 Å². The van der Waals surface area contributed by atoms with Gasteiger partial charge in [0.15, 0.2) is 0 Å². The number of carbonyl (C=O) groups is 1. The molecule has 2 aromatic rings. The number of halogens is 3. The van der Waals surface area contributed by atoms with Crippen LogP contribution in [0.2, 0.25) is 0 Å². The van der Waals surface area contributed by atoms with Crippen LogP contribution in [0.25, 0.3) is 0 Å². The Balaban J connectivity index is 1.74. The van der Waals surface area contributed by atoms with Gasteiger partial charge in [0.2, 0.25) is 0 Å². The minimum Gasteiger partial charge on any atom is -0.462 e. The fraction of sp³-hybridized carbons (Fsp3) is 0.400. The topological polar surface area (TPSA) is 79.8 Å². The summed E-state index contributed by atoms with van der Waals surface area (Å²) in [5.41, 5.74) is -3.59. The standard InChI is InChI=1S/C20H22F3N3O4S/c1-3-30-19(27)18-10-24-9-8-15(18)12-25-13-26(11-14(25)2)16-4-6-17(7-5-16)31(28,29)20(21,22)23/h4-10,14H,3,11-13H2,1-2H3. The van der Waals surface area contributed by atoms with Gasteiger partial charge in [-0.25, -0.2) is 13.2 Å². The largest absolute Gasteiger partial charge is 0.501 e. The number of nitrogens with zero attached hydrogens (tertiary/aromatic N) is 3. The Bertz CT molecular complexity index is 1040. The molecule has 1 aliphatic rings. The Morgan fingerprint density at radius 3 is 2.52 bits per heavy atom. The van der Waals surface area contributed by atoms with Crippen LogP contribution < -0.4 is 4.90 Å². The highest BCUT2D eigenvalue weighted by molar-refractivity contribution is 7.92. The smallest absolute Gasteiger partial charge is 0.462 e. The average Bonchev–Trinajstić information content (AvgIpc) is 3.08. The molecule has 1 fully saturated rings. The molecule has 1 aliphatic heterocycles. The van der Waals surface area contributed by atoms with E-state index < -0.39 is 26.2 Å². The van der Waals surface area contributed by atoms with E-state index in [0.717, 1.165) is 17.7 Å². The second-order valence-electron chi connectivity index (χ2n) is 7.16. The summed E-state index contributed by atoms with van der Waals surface area (Å²) in [7, 11) is -5.38. The predicted octanol–water partition coefficient (Wildman–Crippen LogP) is 3.22. The zero-order chi connectivity index (χ0) is 22.8. The second-order valence-corrected chi connectivity index (χ2v) is 9.10. The average molecular weight is 457 g/mol. The first-order chi connectivity index (χ1) is 14.5. The molecule has 1 saturated heterocycles. The number of pyridine rings is 1. The number of rotatable bonds is 6. The van der Waals surface area contributed by atoms with Crippen molar-refractivity contribution in [1.29, 1.82) is 0 Å². The van der Waals surface area contributed by atoms with Crippen molar-refractivity contribution in [2.75, 3.05) is 24.7 Å². The maximum Gasteiger partial charge on any atom is 0.501 e. The van der Waals surface area contributed by atoms with Gasteiger partial charge in [-0.3, -0.25) is 9.88 Å². The summed E-state index contributed by atoms with van der Waals surface area (Å²) in [6.07, 6.45) is 3.06. The van der Waals surface area contributed by atoms with Gasteiger partial charge >= 0.3 is 11.5 Å². The first kappa shape index (κ1) is 23.0. The van der Waals surface area contributed by atoms with Crippen LogP contribution in [0.1, 0.15) is 29.8 Å². The molecule has 1 unspecified atom stereocenters. The number of aromatic nitrogens is 1. The van der Waals surface area contributed by atoms with Crippen molar-refractivity contribution in [2.45, 2.75) is 36.8 Å². The maximum absolute atomic E-state index is 12.7. The Hall–Kier alpha value is -2.66. The van der Waals surface area contributed by atoms with Gasteiger partial charge in [0, 0.05) is 37.2 Å². The third kappa shape index (κ3) is 4.82. The summed E-state index contributed by atoms with van der Waals surface area (Å²) in [6, 6.07) is 6.50. The molecular weight excluding hydrogens is 435 g/mol. The molecular formula is C20H22F3N3O4S. The summed E-state index contributed by atoms with van der Waals surface area (Å²) in [5.74, 6) is -0.448. The normalized spacial score (nSPS) is 17.7. The molecule has 0 saturated carbocycles. The molecule has 1 aromatic carbocycles. The van der Waals surface area contributed by atoms with Crippen molar-refractivity contribution >= 4 is 21.5 Å². The molecule has 2 heterocycles. The maximum atomic E-state index is 12.7. The van der Waals surface area contributed by atoms with Gasteiger partial charge in [-0.1, -0.05) is 0 Å². The molecule has 0 radical (unpaired) electrons. The molecule has 0 amide bonds. The lowest BCUT2D eigenvalue weighted by atomic mass is 10.1. The van der Waals surface area contributed by atoms with E-state index in [1.54, 1.807) is 19.2 Å². The molecule has 11 heteroatoms. The molecule has 7 nitrogen and oxygen atoms in total. The number of carbonyl (C=O) groups excluding carboxylic acids is 1. The molecule has 0 aliphatic carbocycles. The monoisotopic (exact) mass is 457 g/mol. The Morgan fingerprint density at radius 2 is 1.90 bits per heavy atom. The van der Waals surface area contributed by atoms with Crippen LogP contribution in [0.3, 0.4) is 0 Å². The summed E-state index contributed by atoms with van der Waals surface area (Å²) >= 11 is 0. The highest BCUT2D eigenvalue weighted by atomic mass is 32.2. The minimum atomic E-state index is -5.38. The number of ether oxygens (including phenoxy) is 1. The summed E-state index contributed by atoms with van der Waals surface area (Å²) in [6.45, 7) is 5.46. The van der Waals surface area contributed by atoms with E-state index >= 15 is 0 Å². The summed E-state index contributed by atoms with van der Waals surface area (Å²) in [5, 5.41) is 0. The number of alkyl halides is 3. The minimum absolute atomic E-state index is 0.0850. The molecule has 31 heavy (non-hydrogen) atoms. The number of anilines is 1. The van der Waals surface area contributed by atoms with Crippen molar-refractivity contribution in [3.8, 4) is 0 Å². The molecule has 1 atom stereocenters. The predicted molar refractivity (Wildman–Crippen MR) is 107 cm³/mol. The highest BCUT2D eigenvalue weighted by Crippen LogP contribution is 2.32. The van der Waals surface area contributed by atoms with E-state index in [9.17, 15) is 26.4 Å².